The van der Waals surface area contributed by atoms with Crippen molar-refractivity contribution in [2.45, 2.75) is 45.6 Å². The smallest absolute Gasteiger partial charge is 0.293 e. The van der Waals surface area contributed by atoms with Crippen LogP contribution in [0.5, 0.6) is 0 Å². The lowest BCUT2D eigenvalue weighted by atomic mass is 9.80. The highest BCUT2D eigenvalue weighted by Crippen LogP contribution is 2.43. The number of likely N-dealkylation sites (N-methyl/N-ethyl adjacent to an activating group) is 1. The largest absolute Gasteiger partial charge is 0.369 e. The minimum absolute atomic E-state index is 0.137. The number of carbonyl (C=O) groups is 2. The van der Waals surface area contributed by atoms with Crippen molar-refractivity contribution < 1.29 is 9.59 Å². The van der Waals surface area contributed by atoms with E-state index >= 15 is 0 Å². The molecule has 4 nitrogen and oxygen atoms in total. The lowest BCUT2D eigenvalue weighted by molar-refractivity contribution is -0.122. The minimum atomic E-state index is -0.184. The van der Waals surface area contributed by atoms with Crippen LogP contribution in [0.15, 0.2) is 23.1 Å². The number of imide groups is 1. The molecule has 3 rings (SSSR count). The molecule has 2 aliphatic heterocycles. The Balaban J connectivity index is 1.96. The van der Waals surface area contributed by atoms with Crippen molar-refractivity contribution in [2.24, 2.45) is 0 Å². The maximum Gasteiger partial charge on any atom is 0.293 e. The number of hydrogen-bond donors (Lipinski definition) is 0. The van der Waals surface area contributed by atoms with Gasteiger partial charge in [-0.15, -0.1) is 0 Å². The molecule has 5 heteroatoms. The Morgan fingerprint density at radius 1 is 1.33 bits per heavy atom. The second-order valence-corrected chi connectivity index (χ2v) is 8.21. The average molecular weight is 344 g/mol. The topological polar surface area (TPSA) is 40.6 Å². The van der Waals surface area contributed by atoms with Gasteiger partial charge in [0.1, 0.15) is 0 Å². The summed E-state index contributed by atoms with van der Waals surface area (Å²) in [5, 5.41) is -0.179. The molecule has 2 heterocycles. The van der Waals surface area contributed by atoms with Gasteiger partial charge < -0.3 is 4.90 Å². The molecule has 1 saturated heterocycles. The molecule has 128 valence electrons. The van der Waals surface area contributed by atoms with Crippen LogP contribution in [-0.2, 0) is 4.79 Å². The van der Waals surface area contributed by atoms with E-state index in [0.717, 1.165) is 23.7 Å². The first-order valence-corrected chi connectivity index (χ1v) is 9.19. The van der Waals surface area contributed by atoms with Gasteiger partial charge in [-0.2, -0.15) is 0 Å². The molecule has 0 unspecified atom stereocenters. The number of carbonyl (C=O) groups excluding carboxylic acids is 2. The van der Waals surface area contributed by atoms with E-state index in [1.165, 1.54) is 16.2 Å². The summed E-state index contributed by atoms with van der Waals surface area (Å²) >= 11 is 1.03. The van der Waals surface area contributed by atoms with Crippen molar-refractivity contribution in [3.63, 3.8) is 0 Å². The molecule has 2 amide bonds. The Bertz CT molecular complexity index is 739. The van der Waals surface area contributed by atoms with Crippen molar-refractivity contribution >= 4 is 34.7 Å². The minimum Gasteiger partial charge on any atom is -0.369 e. The number of rotatable bonds is 2. The third-order valence-electron chi connectivity index (χ3n) is 5.15. The molecule has 1 fully saturated rings. The summed E-state index contributed by atoms with van der Waals surface area (Å²) in [6, 6.07) is 6.32. The molecule has 2 aliphatic rings. The lowest BCUT2D eigenvalue weighted by Crippen LogP contribution is -2.45. The molecule has 0 spiro atoms. The van der Waals surface area contributed by atoms with E-state index in [0.29, 0.717) is 17.4 Å². The van der Waals surface area contributed by atoms with Crippen LogP contribution in [0, 0.1) is 0 Å². The molecule has 1 aromatic rings. The number of benzene rings is 1. The van der Waals surface area contributed by atoms with Gasteiger partial charge in [0.15, 0.2) is 0 Å². The number of amides is 2. The number of nitrogens with zero attached hydrogens (tertiary/aromatic N) is 2. The second-order valence-electron chi connectivity index (χ2n) is 7.22. The third kappa shape index (κ3) is 2.75. The molecule has 0 bridgehead atoms. The summed E-state index contributed by atoms with van der Waals surface area (Å²) in [6.45, 7) is 9.02. The van der Waals surface area contributed by atoms with Crippen molar-refractivity contribution in [3.05, 3.63) is 34.2 Å². The molecule has 0 N–H and O–H groups in total. The van der Waals surface area contributed by atoms with E-state index in [9.17, 15) is 9.59 Å². The molecular weight excluding hydrogens is 320 g/mol. The van der Waals surface area contributed by atoms with Crippen LogP contribution in [0.25, 0.3) is 6.08 Å². The maximum atomic E-state index is 12.2. The lowest BCUT2D eigenvalue weighted by Gasteiger charge is -2.45. The summed E-state index contributed by atoms with van der Waals surface area (Å²) < 4.78 is 0. The molecule has 0 radical (unpaired) electrons. The van der Waals surface area contributed by atoms with Crippen molar-refractivity contribution in [1.29, 1.82) is 0 Å². The Morgan fingerprint density at radius 2 is 2.04 bits per heavy atom. The summed E-state index contributed by atoms with van der Waals surface area (Å²) in [5.74, 6) is 0.279. The highest BCUT2D eigenvalue weighted by atomic mass is 32.2. The van der Waals surface area contributed by atoms with Crippen LogP contribution < -0.4 is 4.90 Å². The first-order chi connectivity index (χ1) is 11.2. The quantitative estimate of drug-likeness (QED) is 0.743. The van der Waals surface area contributed by atoms with Crippen LogP contribution in [0.2, 0.25) is 0 Å². The van der Waals surface area contributed by atoms with E-state index < -0.39 is 0 Å². The SMILES string of the molecule is CCN1C(=O)S/C(=C\c2ccc3c(c2)[C@@H](C)CC(C)(C)N3C)C1=O. The van der Waals surface area contributed by atoms with Crippen molar-refractivity contribution in [1.82, 2.24) is 4.90 Å². The van der Waals surface area contributed by atoms with E-state index in [4.69, 9.17) is 0 Å². The molecule has 24 heavy (non-hydrogen) atoms. The van der Waals surface area contributed by atoms with Gasteiger partial charge in [-0.25, -0.2) is 0 Å². The summed E-state index contributed by atoms with van der Waals surface area (Å²) in [6.07, 6.45) is 2.93. The standard InChI is InChI=1S/C19H24N2O2S/c1-6-21-17(22)16(24-18(21)23)10-13-7-8-15-14(9-13)12(2)11-19(3,4)20(15)5/h7-10,12H,6,11H2,1-5H3/b16-10-/t12-/m0/s1. The van der Waals surface area contributed by atoms with Gasteiger partial charge in [0, 0.05) is 24.8 Å². The van der Waals surface area contributed by atoms with E-state index in [1.54, 1.807) is 0 Å². The number of fused-ring (bicyclic) bond motifs is 1. The van der Waals surface area contributed by atoms with Crippen molar-refractivity contribution in [2.75, 3.05) is 18.5 Å². The Morgan fingerprint density at radius 3 is 2.67 bits per heavy atom. The first kappa shape index (κ1) is 17.1. The fraction of sp³-hybridized carbons (Fsp3) is 0.474. The number of thioether (sulfide) groups is 1. The molecule has 0 aromatic heterocycles. The fourth-order valence-electron chi connectivity index (χ4n) is 3.61. The summed E-state index contributed by atoms with van der Waals surface area (Å²) in [7, 11) is 2.14. The van der Waals surface area contributed by atoms with Crippen LogP contribution in [0.3, 0.4) is 0 Å². The zero-order chi connectivity index (χ0) is 17.6. The molecular formula is C19H24N2O2S. The van der Waals surface area contributed by atoms with Crippen LogP contribution in [-0.4, -0.2) is 35.2 Å². The normalized spacial score (nSPS) is 24.7. The van der Waals surface area contributed by atoms with Gasteiger partial charge in [0.25, 0.3) is 11.1 Å². The molecule has 1 atom stereocenters. The maximum absolute atomic E-state index is 12.2. The van der Waals surface area contributed by atoms with Crippen LogP contribution >= 0.6 is 11.8 Å². The van der Waals surface area contributed by atoms with E-state index in [2.05, 4.69) is 44.9 Å². The second kappa shape index (κ2) is 5.96. The van der Waals surface area contributed by atoms with Gasteiger partial charge in [-0.05, 0) is 74.2 Å². The predicted molar refractivity (Wildman–Crippen MR) is 100 cm³/mol. The van der Waals surface area contributed by atoms with Crippen LogP contribution in [0.1, 0.15) is 51.2 Å². The van der Waals surface area contributed by atoms with Crippen LogP contribution in [0.4, 0.5) is 10.5 Å². The summed E-state index contributed by atoms with van der Waals surface area (Å²) in [5.41, 5.74) is 3.67. The molecule has 1 aromatic carbocycles. The number of anilines is 1. The first-order valence-electron chi connectivity index (χ1n) is 8.37. The zero-order valence-electron chi connectivity index (χ0n) is 14.9. The Hall–Kier alpha value is -1.75. The highest BCUT2D eigenvalue weighted by Gasteiger charge is 2.35. The Labute approximate surface area is 147 Å². The van der Waals surface area contributed by atoms with E-state index in [1.807, 2.05) is 19.1 Å². The third-order valence-corrected chi connectivity index (χ3v) is 6.05. The summed E-state index contributed by atoms with van der Waals surface area (Å²) in [4.78, 5) is 28.2. The number of hydrogen-bond acceptors (Lipinski definition) is 4. The Kier molecular flexibility index (Phi) is 4.24. The molecule has 0 saturated carbocycles. The monoisotopic (exact) mass is 344 g/mol. The van der Waals surface area contributed by atoms with Gasteiger partial charge in [-0.1, -0.05) is 13.0 Å². The van der Waals surface area contributed by atoms with Gasteiger partial charge in [0.2, 0.25) is 0 Å². The fourth-order valence-corrected chi connectivity index (χ4v) is 4.51. The van der Waals surface area contributed by atoms with Gasteiger partial charge in [0.05, 0.1) is 4.91 Å². The average Bonchev–Trinajstić information content (AvgIpc) is 2.78. The van der Waals surface area contributed by atoms with Crippen molar-refractivity contribution in [3.8, 4) is 0 Å². The van der Waals surface area contributed by atoms with E-state index in [-0.39, 0.29) is 16.7 Å². The molecule has 0 aliphatic carbocycles. The highest BCUT2D eigenvalue weighted by molar-refractivity contribution is 8.18. The van der Waals surface area contributed by atoms with Gasteiger partial charge >= 0.3 is 0 Å². The predicted octanol–water partition coefficient (Wildman–Crippen LogP) is 4.46. The van der Waals surface area contributed by atoms with Gasteiger partial charge in [-0.3, -0.25) is 14.5 Å². The zero-order valence-corrected chi connectivity index (χ0v) is 15.7.